The predicted octanol–water partition coefficient (Wildman–Crippen LogP) is 4.73. The van der Waals surface area contributed by atoms with Gasteiger partial charge >= 0.3 is 6.03 Å². The van der Waals surface area contributed by atoms with Gasteiger partial charge in [-0.05, 0) is 54.5 Å². The molecule has 42 heavy (non-hydrogen) atoms. The van der Waals surface area contributed by atoms with E-state index in [1.807, 2.05) is 0 Å². The third kappa shape index (κ3) is 5.65. The first-order valence-electron chi connectivity index (χ1n) is 13.9. The van der Waals surface area contributed by atoms with Crippen molar-refractivity contribution >= 4 is 23.0 Å². The van der Waals surface area contributed by atoms with Gasteiger partial charge in [-0.15, -0.1) is 0 Å². The molecule has 3 aliphatic rings. The molecule has 3 atom stereocenters. The molecule has 6 rings (SSSR count). The monoisotopic (exact) mass is 594 g/mol. The van der Waals surface area contributed by atoms with Crippen LogP contribution in [-0.2, 0) is 4.74 Å². The molecule has 15 heteroatoms. The number of carbonyl (C=O) groups is 2. The first-order chi connectivity index (χ1) is 20.1. The summed E-state index contributed by atoms with van der Waals surface area (Å²) in [6.45, 7) is -0.156. The Morgan fingerprint density at radius 3 is 2.64 bits per heavy atom. The molecule has 1 aliphatic heterocycles. The average Bonchev–Trinajstić information content (AvgIpc) is 3.34. The van der Waals surface area contributed by atoms with Gasteiger partial charge in [-0.3, -0.25) is 4.79 Å². The van der Waals surface area contributed by atoms with Crippen LogP contribution >= 0.6 is 0 Å². The number of amides is 3. The lowest BCUT2D eigenvalue weighted by molar-refractivity contribution is -0.0503. The van der Waals surface area contributed by atoms with Gasteiger partial charge in [-0.1, -0.05) is 11.2 Å². The second kappa shape index (κ2) is 11.2. The Hall–Kier alpha value is -3.75. The van der Waals surface area contributed by atoms with Crippen LogP contribution in [0.3, 0.4) is 0 Å². The van der Waals surface area contributed by atoms with E-state index in [4.69, 9.17) is 13.8 Å². The van der Waals surface area contributed by atoms with E-state index in [0.717, 1.165) is 12.8 Å². The molecule has 1 saturated heterocycles. The van der Waals surface area contributed by atoms with Crippen LogP contribution in [0.1, 0.15) is 84.2 Å². The summed E-state index contributed by atoms with van der Waals surface area (Å²) in [5, 5.41) is 12.8. The summed E-state index contributed by atoms with van der Waals surface area (Å²) in [5.74, 6) is -3.49. The number of benzene rings is 1. The van der Waals surface area contributed by atoms with Crippen LogP contribution in [0.2, 0.25) is 0 Å². The highest BCUT2D eigenvalue weighted by atomic mass is 19.3. The van der Waals surface area contributed by atoms with Gasteiger partial charge in [0.15, 0.2) is 11.3 Å². The maximum Gasteiger partial charge on any atom is 0.318 e. The van der Waals surface area contributed by atoms with Crippen molar-refractivity contribution in [2.24, 2.45) is 5.92 Å². The minimum absolute atomic E-state index is 0.0453. The van der Waals surface area contributed by atoms with Crippen LogP contribution in [0.25, 0.3) is 11.1 Å². The molecule has 0 radical (unpaired) electrons. The molecule has 1 aromatic carbocycles. The Morgan fingerprint density at radius 1 is 1.21 bits per heavy atom. The van der Waals surface area contributed by atoms with Crippen molar-refractivity contribution < 1.29 is 40.9 Å². The molecule has 3 amide bonds. The molecule has 3 heterocycles. The maximum atomic E-state index is 14.0. The summed E-state index contributed by atoms with van der Waals surface area (Å²) in [6, 6.07) is 1.53. The normalized spacial score (nSPS) is 22.5. The van der Waals surface area contributed by atoms with Crippen molar-refractivity contribution in [3.8, 4) is 0 Å². The van der Waals surface area contributed by atoms with Gasteiger partial charge in [0.25, 0.3) is 12.3 Å². The number of hydrogen-bond acceptors (Lipinski definition) is 8. The average molecular weight is 595 g/mol. The summed E-state index contributed by atoms with van der Waals surface area (Å²) in [5.41, 5.74) is 1.84. The molecule has 2 aliphatic carbocycles. The molecule has 3 aromatic rings. The molecule has 0 bridgehead atoms. The lowest BCUT2D eigenvalue weighted by atomic mass is 9.82. The molecule has 2 saturated carbocycles. The fourth-order valence-corrected chi connectivity index (χ4v) is 5.78. The number of aromatic nitrogens is 3. The first-order valence-corrected chi connectivity index (χ1v) is 13.9. The number of hydrogen-bond donors (Lipinski definition) is 2. The Balaban J connectivity index is 1.29. The summed E-state index contributed by atoms with van der Waals surface area (Å²) in [7, 11) is 1.44. The van der Waals surface area contributed by atoms with Crippen LogP contribution in [0.4, 0.5) is 22.4 Å². The van der Waals surface area contributed by atoms with Crippen LogP contribution in [-0.4, -0.2) is 70.8 Å². The summed E-state index contributed by atoms with van der Waals surface area (Å²) in [6.07, 6.45) is -1.36. The zero-order valence-corrected chi connectivity index (χ0v) is 22.7. The van der Waals surface area contributed by atoms with Crippen molar-refractivity contribution in [1.29, 1.82) is 0 Å². The lowest BCUT2D eigenvalue weighted by Gasteiger charge is -2.32. The van der Waals surface area contributed by atoms with Crippen LogP contribution in [0, 0.1) is 5.92 Å². The third-order valence-corrected chi connectivity index (χ3v) is 8.26. The van der Waals surface area contributed by atoms with Crippen molar-refractivity contribution in [2.75, 3.05) is 20.3 Å². The maximum absolute atomic E-state index is 14.0. The Kier molecular flexibility index (Phi) is 7.53. The second-order valence-corrected chi connectivity index (χ2v) is 11.2. The van der Waals surface area contributed by atoms with Crippen molar-refractivity contribution in [3.63, 3.8) is 0 Å². The standard InChI is InChI=1S/C27H30F4N6O5/c1-40-12-18(37-11-17(23(28)29)33-26(37)39)15-4-5-19-16(10-15)32-25(41-19)21(14-6-8-27(30,31)9-7-14)34-24(38)22-20(13-2-3-13)35-42-36-22/h4-5,10,13-14,17-18,21,23H,2-3,6-9,11-12H2,1H3,(H,33,39)(H,34,38)/t17-,18+,21-/m0/s1. The lowest BCUT2D eigenvalue weighted by Crippen LogP contribution is -2.37. The van der Waals surface area contributed by atoms with Gasteiger partial charge in [0.1, 0.15) is 23.3 Å². The number of nitrogens with zero attached hydrogens (tertiary/aromatic N) is 4. The number of methoxy groups -OCH3 is 1. The summed E-state index contributed by atoms with van der Waals surface area (Å²) in [4.78, 5) is 31.7. The highest BCUT2D eigenvalue weighted by Gasteiger charge is 2.42. The highest BCUT2D eigenvalue weighted by molar-refractivity contribution is 5.93. The molecular formula is C27H30F4N6O5. The zero-order chi connectivity index (χ0) is 29.6. The first kappa shape index (κ1) is 28.4. The van der Waals surface area contributed by atoms with Crippen LogP contribution < -0.4 is 10.6 Å². The van der Waals surface area contributed by atoms with Crippen molar-refractivity contribution in [3.05, 3.63) is 41.0 Å². The van der Waals surface area contributed by atoms with E-state index in [9.17, 15) is 27.2 Å². The van der Waals surface area contributed by atoms with E-state index in [-0.39, 0.29) is 62.3 Å². The largest absolute Gasteiger partial charge is 0.438 e. The Bertz CT molecular complexity index is 1450. The fourth-order valence-electron chi connectivity index (χ4n) is 5.78. The second-order valence-electron chi connectivity index (χ2n) is 11.2. The SMILES string of the molecule is COC[C@H](c1ccc2oc([C@@H](NC(=O)c3nonc3C3CC3)C3CCC(F)(F)CC3)nc2c1)N1C[C@@H](C(F)F)NC1=O. The molecule has 0 spiro atoms. The molecule has 2 aromatic heterocycles. The van der Waals surface area contributed by atoms with Crippen LogP contribution in [0.15, 0.2) is 27.2 Å². The summed E-state index contributed by atoms with van der Waals surface area (Å²) < 4.78 is 70.7. The molecular weight excluding hydrogens is 564 g/mol. The van der Waals surface area contributed by atoms with Crippen LogP contribution in [0.5, 0.6) is 0 Å². The van der Waals surface area contributed by atoms with E-state index in [1.54, 1.807) is 18.2 Å². The molecule has 0 unspecified atom stereocenters. The number of ether oxygens (including phenoxy) is 1. The topological polar surface area (TPSA) is 136 Å². The number of oxazole rings is 1. The number of alkyl halides is 4. The molecule has 3 fully saturated rings. The predicted molar refractivity (Wildman–Crippen MR) is 137 cm³/mol. The summed E-state index contributed by atoms with van der Waals surface area (Å²) >= 11 is 0. The van der Waals surface area contributed by atoms with Gasteiger partial charge in [-0.25, -0.2) is 32.0 Å². The van der Waals surface area contributed by atoms with Gasteiger partial charge in [0.05, 0.1) is 12.6 Å². The molecule has 226 valence electrons. The smallest absolute Gasteiger partial charge is 0.318 e. The van der Waals surface area contributed by atoms with Gasteiger partial charge in [0.2, 0.25) is 11.8 Å². The minimum atomic E-state index is -2.78. The molecule has 11 nitrogen and oxygen atoms in total. The van der Waals surface area contributed by atoms with Crippen molar-refractivity contribution in [1.82, 2.24) is 30.8 Å². The number of rotatable bonds is 10. The van der Waals surface area contributed by atoms with E-state index < -0.39 is 42.4 Å². The van der Waals surface area contributed by atoms with E-state index >= 15 is 0 Å². The molecule has 2 N–H and O–H groups in total. The van der Waals surface area contributed by atoms with Gasteiger partial charge in [-0.2, -0.15) is 0 Å². The van der Waals surface area contributed by atoms with Gasteiger partial charge in [0, 0.05) is 32.4 Å². The number of nitrogens with one attached hydrogen (secondary N) is 2. The third-order valence-electron chi connectivity index (χ3n) is 8.26. The van der Waals surface area contributed by atoms with Crippen molar-refractivity contribution in [2.45, 2.75) is 74.9 Å². The van der Waals surface area contributed by atoms with E-state index in [2.05, 4.69) is 25.9 Å². The quantitative estimate of drug-likeness (QED) is 0.322. The Labute approximate surface area is 237 Å². The number of urea groups is 1. The number of carbonyl (C=O) groups excluding carboxylic acids is 2. The van der Waals surface area contributed by atoms with E-state index in [0.29, 0.717) is 22.4 Å². The minimum Gasteiger partial charge on any atom is -0.438 e. The zero-order valence-electron chi connectivity index (χ0n) is 22.7. The van der Waals surface area contributed by atoms with E-state index in [1.165, 1.54) is 12.0 Å². The highest BCUT2D eigenvalue weighted by Crippen LogP contribution is 2.43. The number of fused-ring (bicyclic) bond motifs is 1. The fraction of sp³-hybridized carbons (Fsp3) is 0.593. The number of halogens is 4. The Morgan fingerprint density at radius 2 is 1.98 bits per heavy atom. The van der Waals surface area contributed by atoms with Gasteiger partial charge < -0.3 is 24.7 Å².